The number of hydrogen-bond donors (Lipinski definition) is 3. The first-order chi connectivity index (χ1) is 7.08. The third kappa shape index (κ3) is 4.31. The van der Waals surface area contributed by atoms with Gasteiger partial charge in [0.05, 0.1) is 6.42 Å². The number of nitrogens with one attached hydrogen (secondary N) is 2. The van der Waals surface area contributed by atoms with Crippen LogP contribution in [0.1, 0.15) is 13.3 Å². The van der Waals surface area contributed by atoms with Gasteiger partial charge in [-0.15, -0.1) is 0 Å². The number of carbonyl (C=O) groups is 2. The van der Waals surface area contributed by atoms with Crippen LogP contribution in [0.25, 0.3) is 0 Å². The maximum atomic E-state index is 11.2. The molecule has 0 aliphatic heterocycles. The molecule has 0 saturated carbocycles. The summed E-state index contributed by atoms with van der Waals surface area (Å²) in [5, 5.41) is 20.3. The van der Waals surface area contributed by atoms with E-state index in [1.807, 2.05) is 0 Å². The number of rotatable bonds is 4. The fourth-order valence-corrected chi connectivity index (χ4v) is 1.21. The lowest BCUT2D eigenvalue weighted by Crippen LogP contribution is -2.37. The average molecular weight is 231 g/mol. The van der Waals surface area contributed by atoms with Gasteiger partial charge in [0.25, 0.3) is 0 Å². The van der Waals surface area contributed by atoms with Crippen molar-refractivity contribution in [1.82, 2.24) is 20.1 Å². The molecule has 0 saturated heterocycles. The summed E-state index contributed by atoms with van der Waals surface area (Å²) < 4.78 is 3.45. The molecule has 1 aromatic rings. The van der Waals surface area contributed by atoms with Crippen molar-refractivity contribution >= 4 is 28.7 Å². The molecule has 1 rings (SSSR count). The molecule has 8 nitrogen and oxygen atoms in total. The largest absolute Gasteiger partial charge is 0.481 e. The van der Waals surface area contributed by atoms with Crippen LogP contribution in [0.3, 0.4) is 0 Å². The first-order valence-corrected chi connectivity index (χ1v) is 4.79. The van der Waals surface area contributed by atoms with Crippen molar-refractivity contribution in [2.75, 3.05) is 5.32 Å². The molecule has 0 spiro atoms. The quantitative estimate of drug-likeness (QED) is 0.667. The fourth-order valence-electron chi connectivity index (χ4n) is 0.852. The number of carboxylic acids is 1. The first kappa shape index (κ1) is 11.3. The Labute approximate surface area is 88.9 Å². The molecule has 15 heavy (non-hydrogen) atoms. The summed E-state index contributed by atoms with van der Waals surface area (Å²) in [5.41, 5.74) is 0. The number of aliphatic carboxylic acids is 1. The molecule has 82 valence electrons. The SMILES string of the molecule is CC(CC(=O)O)NC(=O)Nc1nnns1. The number of hydrogen-bond acceptors (Lipinski definition) is 6. The molecule has 1 aromatic heterocycles. The van der Waals surface area contributed by atoms with Gasteiger partial charge in [0, 0.05) is 17.6 Å². The van der Waals surface area contributed by atoms with Crippen LogP contribution in [0.15, 0.2) is 0 Å². The van der Waals surface area contributed by atoms with Gasteiger partial charge in [0.2, 0.25) is 5.13 Å². The van der Waals surface area contributed by atoms with E-state index in [1.165, 1.54) is 0 Å². The molecular formula is C6H9N5O3S. The van der Waals surface area contributed by atoms with Gasteiger partial charge in [-0.2, -0.15) is 0 Å². The molecular weight excluding hydrogens is 222 g/mol. The van der Waals surface area contributed by atoms with Gasteiger partial charge in [-0.05, 0) is 12.1 Å². The molecule has 0 aromatic carbocycles. The van der Waals surface area contributed by atoms with Crippen LogP contribution in [0.5, 0.6) is 0 Å². The summed E-state index contributed by atoms with van der Waals surface area (Å²) in [5.74, 6) is -0.972. The van der Waals surface area contributed by atoms with Gasteiger partial charge in [-0.3, -0.25) is 10.1 Å². The second-order valence-corrected chi connectivity index (χ2v) is 3.50. The first-order valence-electron chi connectivity index (χ1n) is 4.02. The number of nitrogens with zero attached hydrogens (tertiary/aromatic N) is 3. The zero-order valence-electron chi connectivity index (χ0n) is 7.80. The zero-order chi connectivity index (χ0) is 11.3. The van der Waals surface area contributed by atoms with E-state index in [0.717, 1.165) is 11.5 Å². The smallest absolute Gasteiger partial charge is 0.321 e. The molecule has 2 amide bonds. The Kier molecular flexibility index (Phi) is 3.92. The molecule has 0 fully saturated rings. The van der Waals surface area contributed by atoms with E-state index in [2.05, 4.69) is 25.4 Å². The molecule has 1 heterocycles. The number of urea groups is 1. The minimum Gasteiger partial charge on any atom is -0.481 e. The predicted molar refractivity (Wildman–Crippen MR) is 51.6 cm³/mol. The van der Waals surface area contributed by atoms with E-state index in [1.54, 1.807) is 6.92 Å². The van der Waals surface area contributed by atoms with Gasteiger partial charge < -0.3 is 10.4 Å². The highest BCUT2D eigenvalue weighted by Gasteiger charge is 2.11. The second kappa shape index (κ2) is 5.20. The summed E-state index contributed by atoms with van der Waals surface area (Å²) in [6.45, 7) is 1.59. The Balaban J connectivity index is 2.33. The van der Waals surface area contributed by atoms with Crippen LogP contribution >= 0.6 is 11.5 Å². The van der Waals surface area contributed by atoms with Gasteiger partial charge in [0.1, 0.15) is 0 Å². The van der Waals surface area contributed by atoms with E-state index >= 15 is 0 Å². The van der Waals surface area contributed by atoms with Crippen molar-refractivity contribution in [1.29, 1.82) is 0 Å². The standard InChI is InChI=1S/C6H9N5O3S/c1-3(2-4(12)13)7-5(14)8-6-9-10-11-15-6/h3H,2H2,1H3,(H,12,13)(H2,7,8,9,11,14). The molecule has 1 unspecified atom stereocenters. The van der Waals surface area contributed by atoms with Crippen LogP contribution in [0.2, 0.25) is 0 Å². The summed E-state index contributed by atoms with van der Waals surface area (Å²) >= 11 is 0.932. The summed E-state index contributed by atoms with van der Waals surface area (Å²) in [6, 6.07) is -0.981. The number of carboxylic acid groups (broad SMARTS) is 1. The lowest BCUT2D eigenvalue weighted by molar-refractivity contribution is -0.137. The lowest BCUT2D eigenvalue weighted by atomic mass is 10.2. The van der Waals surface area contributed by atoms with Crippen LogP contribution in [0, 0.1) is 0 Å². The van der Waals surface area contributed by atoms with Crippen LogP contribution < -0.4 is 10.6 Å². The number of aromatic nitrogens is 3. The molecule has 0 aliphatic carbocycles. The normalized spacial score (nSPS) is 11.8. The topological polar surface area (TPSA) is 117 Å². The number of amides is 2. The Bertz CT molecular complexity index is 341. The fraction of sp³-hybridized carbons (Fsp3) is 0.500. The van der Waals surface area contributed by atoms with Crippen LogP contribution in [0.4, 0.5) is 9.93 Å². The molecule has 0 radical (unpaired) electrons. The van der Waals surface area contributed by atoms with E-state index in [0.29, 0.717) is 0 Å². The van der Waals surface area contributed by atoms with Crippen molar-refractivity contribution in [2.24, 2.45) is 0 Å². The van der Waals surface area contributed by atoms with Crippen molar-refractivity contribution < 1.29 is 14.7 Å². The van der Waals surface area contributed by atoms with Gasteiger partial charge in [-0.25, -0.2) is 4.79 Å². The van der Waals surface area contributed by atoms with E-state index in [4.69, 9.17) is 5.11 Å². The highest BCUT2D eigenvalue weighted by molar-refractivity contribution is 7.09. The van der Waals surface area contributed by atoms with E-state index < -0.39 is 18.0 Å². The Morgan fingerprint density at radius 2 is 2.33 bits per heavy atom. The Hall–Kier alpha value is -1.77. The van der Waals surface area contributed by atoms with Gasteiger partial charge in [0.15, 0.2) is 0 Å². The molecule has 9 heteroatoms. The van der Waals surface area contributed by atoms with Gasteiger partial charge in [-0.1, -0.05) is 9.59 Å². The minimum atomic E-state index is -0.972. The van der Waals surface area contributed by atoms with Crippen LogP contribution in [-0.2, 0) is 4.79 Å². The maximum Gasteiger partial charge on any atom is 0.321 e. The maximum absolute atomic E-state index is 11.2. The monoisotopic (exact) mass is 231 g/mol. The van der Waals surface area contributed by atoms with E-state index in [-0.39, 0.29) is 11.6 Å². The van der Waals surface area contributed by atoms with Gasteiger partial charge >= 0.3 is 12.0 Å². The van der Waals surface area contributed by atoms with Crippen molar-refractivity contribution in [2.45, 2.75) is 19.4 Å². The third-order valence-corrected chi connectivity index (χ3v) is 1.89. The summed E-state index contributed by atoms with van der Waals surface area (Å²) in [6.07, 6.45) is -0.137. The number of anilines is 1. The average Bonchev–Trinajstić information content (AvgIpc) is 2.53. The molecule has 3 N–H and O–H groups in total. The zero-order valence-corrected chi connectivity index (χ0v) is 8.61. The highest BCUT2D eigenvalue weighted by atomic mass is 32.1. The van der Waals surface area contributed by atoms with Crippen LogP contribution in [-0.4, -0.2) is 37.9 Å². The second-order valence-electron chi connectivity index (χ2n) is 2.76. The molecule has 0 bridgehead atoms. The number of carbonyl (C=O) groups excluding carboxylic acids is 1. The van der Waals surface area contributed by atoms with Crippen molar-refractivity contribution in [3.63, 3.8) is 0 Å². The summed E-state index contributed by atoms with van der Waals surface area (Å²) in [4.78, 5) is 21.5. The Morgan fingerprint density at radius 3 is 2.87 bits per heavy atom. The third-order valence-electron chi connectivity index (χ3n) is 1.38. The van der Waals surface area contributed by atoms with Crippen molar-refractivity contribution in [3.05, 3.63) is 0 Å². The minimum absolute atomic E-state index is 0.137. The lowest BCUT2D eigenvalue weighted by Gasteiger charge is -2.10. The molecule has 0 aliphatic rings. The predicted octanol–water partition coefficient (Wildman–Crippen LogP) is -0.0822. The highest BCUT2D eigenvalue weighted by Crippen LogP contribution is 2.04. The van der Waals surface area contributed by atoms with E-state index in [9.17, 15) is 9.59 Å². The summed E-state index contributed by atoms with van der Waals surface area (Å²) in [7, 11) is 0. The van der Waals surface area contributed by atoms with Crippen molar-refractivity contribution in [3.8, 4) is 0 Å². The molecule has 1 atom stereocenters. The Morgan fingerprint density at radius 1 is 1.60 bits per heavy atom.